The zero-order valence-corrected chi connectivity index (χ0v) is 12.2. The van der Waals surface area contributed by atoms with E-state index in [2.05, 4.69) is 5.32 Å². The molecule has 0 radical (unpaired) electrons. The van der Waals surface area contributed by atoms with Crippen molar-refractivity contribution in [1.29, 1.82) is 0 Å². The fraction of sp³-hybridized carbons (Fsp3) is 0.600. The molecule has 2 unspecified atom stereocenters. The lowest BCUT2D eigenvalue weighted by Crippen LogP contribution is -2.36. The summed E-state index contributed by atoms with van der Waals surface area (Å²) >= 11 is 0. The van der Waals surface area contributed by atoms with Crippen LogP contribution in [0.1, 0.15) is 19.8 Å². The summed E-state index contributed by atoms with van der Waals surface area (Å²) < 4.78 is 10.7. The molecule has 0 saturated carbocycles. The molecule has 1 rings (SSSR count). The van der Waals surface area contributed by atoms with Crippen LogP contribution < -0.4 is 14.8 Å². The Morgan fingerprint density at radius 2 is 1.95 bits per heavy atom. The Balaban J connectivity index is 2.27. The smallest absolute Gasteiger partial charge is 0.161 e. The topological polar surface area (TPSA) is 71.0 Å². The third kappa shape index (κ3) is 6.23. The second kappa shape index (κ2) is 9.58. The van der Waals surface area contributed by atoms with Crippen LogP contribution in [-0.4, -0.2) is 49.2 Å². The number of benzene rings is 1. The van der Waals surface area contributed by atoms with E-state index in [9.17, 15) is 5.11 Å². The molecule has 0 aromatic heterocycles. The molecule has 20 heavy (non-hydrogen) atoms. The van der Waals surface area contributed by atoms with Crippen molar-refractivity contribution in [1.82, 2.24) is 5.32 Å². The standard InChI is InChI=1S/C15H25NO4/c1-12(6-5-9-17)16-10-13(18)11-20-15-8-4-3-7-14(15)19-2/h3-4,7-8,12-13,16-18H,5-6,9-11H2,1-2H3. The predicted octanol–water partition coefficient (Wildman–Crippen LogP) is 1.19. The van der Waals surface area contributed by atoms with Gasteiger partial charge in [-0.25, -0.2) is 0 Å². The Hall–Kier alpha value is -1.30. The van der Waals surface area contributed by atoms with Gasteiger partial charge in [-0.2, -0.15) is 0 Å². The number of ether oxygens (including phenoxy) is 2. The monoisotopic (exact) mass is 283 g/mol. The first kappa shape index (κ1) is 16.8. The van der Waals surface area contributed by atoms with Crippen molar-refractivity contribution in [3.05, 3.63) is 24.3 Å². The maximum atomic E-state index is 9.87. The quantitative estimate of drug-likeness (QED) is 0.601. The zero-order valence-electron chi connectivity index (χ0n) is 12.2. The van der Waals surface area contributed by atoms with Crippen molar-refractivity contribution in [3.63, 3.8) is 0 Å². The van der Waals surface area contributed by atoms with Crippen molar-refractivity contribution >= 4 is 0 Å². The molecule has 5 nitrogen and oxygen atoms in total. The number of hydrogen-bond donors (Lipinski definition) is 3. The van der Waals surface area contributed by atoms with Crippen LogP contribution in [0.15, 0.2) is 24.3 Å². The largest absolute Gasteiger partial charge is 0.493 e. The molecule has 0 aliphatic carbocycles. The summed E-state index contributed by atoms with van der Waals surface area (Å²) in [7, 11) is 1.59. The van der Waals surface area contributed by atoms with Gasteiger partial charge in [0.2, 0.25) is 0 Å². The van der Waals surface area contributed by atoms with Crippen LogP contribution in [0.3, 0.4) is 0 Å². The van der Waals surface area contributed by atoms with Crippen LogP contribution in [0.5, 0.6) is 11.5 Å². The molecule has 5 heteroatoms. The van der Waals surface area contributed by atoms with E-state index in [0.717, 1.165) is 12.8 Å². The lowest BCUT2D eigenvalue weighted by atomic mass is 10.2. The molecule has 1 aromatic rings. The normalized spacial score (nSPS) is 13.8. The molecule has 0 aliphatic rings. The molecule has 2 atom stereocenters. The van der Waals surface area contributed by atoms with E-state index in [1.54, 1.807) is 7.11 Å². The summed E-state index contributed by atoms with van der Waals surface area (Å²) in [4.78, 5) is 0. The highest BCUT2D eigenvalue weighted by molar-refractivity contribution is 5.39. The predicted molar refractivity (Wildman–Crippen MR) is 78.3 cm³/mol. The molecule has 0 amide bonds. The van der Waals surface area contributed by atoms with Crippen molar-refractivity contribution in [3.8, 4) is 11.5 Å². The Kier molecular flexibility index (Phi) is 8.02. The summed E-state index contributed by atoms with van der Waals surface area (Å²) in [5.41, 5.74) is 0. The Bertz CT molecular complexity index is 373. The summed E-state index contributed by atoms with van der Waals surface area (Å²) in [6.07, 6.45) is 1.06. The second-order valence-electron chi connectivity index (χ2n) is 4.79. The van der Waals surface area contributed by atoms with Crippen molar-refractivity contribution < 1.29 is 19.7 Å². The van der Waals surface area contributed by atoms with Crippen LogP contribution in [0.25, 0.3) is 0 Å². The molecular weight excluding hydrogens is 258 g/mol. The number of rotatable bonds is 10. The van der Waals surface area contributed by atoms with Gasteiger partial charge in [0.25, 0.3) is 0 Å². The van der Waals surface area contributed by atoms with Crippen LogP contribution in [0, 0.1) is 0 Å². The van der Waals surface area contributed by atoms with E-state index in [0.29, 0.717) is 18.0 Å². The summed E-state index contributed by atoms with van der Waals surface area (Å²) in [6, 6.07) is 7.62. The summed E-state index contributed by atoms with van der Waals surface area (Å²) in [5, 5.41) is 21.8. The minimum Gasteiger partial charge on any atom is -0.493 e. The second-order valence-corrected chi connectivity index (χ2v) is 4.79. The van der Waals surface area contributed by atoms with Crippen molar-refractivity contribution in [2.45, 2.75) is 31.9 Å². The van der Waals surface area contributed by atoms with E-state index < -0.39 is 6.10 Å². The van der Waals surface area contributed by atoms with Gasteiger partial charge in [0.15, 0.2) is 11.5 Å². The fourth-order valence-electron chi connectivity index (χ4n) is 1.82. The Morgan fingerprint density at radius 3 is 2.60 bits per heavy atom. The van der Waals surface area contributed by atoms with Gasteiger partial charge in [-0.05, 0) is 31.9 Å². The third-order valence-corrected chi connectivity index (χ3v) is 3.00. The van der Waals surface area contributed by atoms with Crippen LogP contribution >= 0.6 is 0 Å². The van der Waals surface area contributed by atoms with Gasteiger partial charge in [0.05, 0.1) is 7.11 Å². The van der Waals surface area contributed by atoms with Gasteiger partial charge >= 0.3 is 0 Å². The Morgan fingerprint density at radius 1 is 1.25 bits per heavy atom. The molecule has 0 spiro atoms. The Labute approximate surface area is 120 Å². The number of methoxy groups -OCH3 is 1. The van der Waals surface area contributed by atoms with E-state index in [4.69, 9.17) is 14.6 Å². The molecule has 0 aliphatic heterocycles. The SMILES string of the molecule is COc1ccccc1OCC(O)CNC(C)CCCO. The molecule has 0 saturated heterocycles. The van der Waals surface area contributed by atoms with E-state index in [-0.39, 0.29) is 19.3 Å². The highest BCUT2D eigenvalue weighted by Gasteiger charge is 2.09. The van der Waals surface area contributed by atoms with Gasteiger partial charge < -0.3 is 25.0 Å². The molecule has 0 fully saturated rings. The maximum absolute atomic E-state index is 9.87. The minimum atomic E-state index is -0.587. The first-order valence-electron chi connectivity index (χ1n) is 6.95. The van der Waals surface area contributed by atoms with E-state index in [1.165, 1.54) is 0 Å². The number of aliphatic hydroxyl groups excluding tert-OH is 2. The molecular formula is C15H25NO4. The summed E-state index contributed by atoms with van der Waals surface area (Å²) in [6.45, 7) is 2.90. The molecule has 0 heterocycles. The number of para-hydroxylation sites is 2. The van der Waals surface area contributed by atoms with Crippen LogP contribution in [-0.2, 0) is 0 Å². The molecule has 1 aromatic carbocycles. The van der Waals surface area contributed by atoms with E-state index in [1.807, 2.05) is 31.2 Å². The maximum Gasteiger partial charge on any atom is 0.161 e. The number of hydrogen-bond acceptors (Lipinski definition) is 5. The first-order valence-corrected chi connectivity index (χ1v) is 6.95. The number of nitrogens with one attached hydrogen (secondary N) is 1. The zero-order chi connectivity index (χ0) is 14.8. The highest BCUT2D eigenvalue weighted by atomic mass is 16.5. The van der Waals surface area contributed by atoms with Gasteiger partial charge in [0, 0.05) is 19.2 Å². The van der Waals surface area contributed by atoms with Crippen molar-refractivity contribution in [2.24, 2.45) is 0 Å². The lowest BCUT2D eigenvalue weighted by molar-refractivity contribution is 0.102. The van der Waals surface area contributed by atoms with Gasteiger partial charge in [0.1, 0.15) is 12.7 Å². The lowest BCUT2D eigenvalue weighted by Gasteiger charge is -2.18. The average molecular weight is 283 g/mol. The fourth-order valence-corrected chi connectivity index (χ4v) is 1.82. The average Bonchev–Trinajstić information content (AvgIpc) is 2.48. The molecule has 0 bridgehead atoms. The van der Waals surface area contributed by atoms with Crippen molar-refractivity contribution in [2.75, 3.05) is 26.9 Å². The summed E-state index contributed by atoms with van der Waals surface area (Å²) in [5.74, 6) is 1.28. The van der Waals surface area contributed by atoms with E-state index >= 15 is 0 Å². The third-order valence-electron chi connectivity index (χ3n) is 3.00. The minimum absolute atomic E-state index is 0.200. The van der Waals surface area contributed by atoms with Gasteiger partial charge in [-0.3, -0.25) is 0 Å². The van der Waals surface area contributed by atoms with Crippen LogP contribution in [0.4, 0.5) is 0 Å². The first-order chi connectivity index (χ1) is 9.67. The van der Waals surface area contributed by atoms with Crippen LogP contribution in [0.2, 0.25) is 0 Å². The number of aliphatic hydroxyl groups is 2. The molecule has 114 valence electrons. The highest BCUT2D eigenvalue weighted by Crippen LogP contribution is 2.25. The molecule has 3 N–H and O–H groups in total. The van der Waals surface area contributed by atoms with Gasteiger partial charge in [-0.1, -0.05) is 12.1 Å². The van der Waals surface area contributed by atoms with Gasteiger partial charge in [-0.15, -0.1) is 0 Å².